The largest absolute Gasteiger partial charge is 0.389 e. The number of nitrogens with one attached hydrogen (secondary N) is 1. The van der Waals surface area contributed by atoms with E-state index in [1.807, 2.05) is 0 Å². The Balaban J connectivity index is 1.77. The monoisotopic (exact) mass is 276 g/mol. The number of nitrogens with zero attached hydrogens (tertiary/aromatic N) is 1. The van der Waals surface area contributed by atoms with Gasteiger partial charge in [-0.25, -0.2) is 0 Å². The third-order valence-corrected chi connectivity index (χ3v) is 4.65. The fourth-order valence-corrected chi connectivity index (χ4v) is 2.81. The van der Waals surface area contributed by atoms with Crippen LogP contribution in [0, 0.1) is 0 Å². The van der Waals surface area contributed by atoms with Gasteiger partial charge in [-0.05, 0) is 37.8 Å². The number of para-hydroxylation sites is 1. The lowest BCUT2D eigenvalue weighted by atomic mass is 9.96. The zero-order valence-corrected chi connectivity index (χ0v) is 12.8. The van der Waals surface area contributed by atoms with Crippen molar-refractivity contribution in [1.82, 2.24) is 5.32 Å². The Kier molecular flexibility index (Phi) is 5.44. The molecule has 1 fully saturated rings. The van der Waals surface area contributed by atoms with Crippen LogP contribution in [0.4, 0.5) is 5.69 Å². The third-order valence-electron chi connectivity index (χ3n) is 4.65. The van der Waals surface area contributed by atoms with Crippen molar-refractivity contribution in [2.75, 3.05) is 24.5 Å². The molecule has 3 nitrogen and oxygen atoms in total. The Morgan fingerprint density at radius 2 is 1.75 bits per heavy atom. The number of benzene rings is 1. The molecule has 0 atom stereocenters. The van der Waals surface area contributed by atoms with Crippen molar-refractivity contribution < 1.29 is 5.11 Å². The Morgan fingerprint density at radius 1 is 1.15 bits per heavy atom. The maximum atomic E-state index is 10.3. The predicted octanol–water partition coefficient (Wildman–Crippen LogP) is 2.80. The highest BCUT2D eigenvalue weighted by molar-refractivity contribution is 5.46. The van der Waals surface area contributed by atoms with E-state index in [0.717, 1.165) is 45.3 Å². The van der Waals surface area contributed by atoms with Gasteiger partial charge < -0.3 is 15.3 Å². The average Bonchev–Trinajstić information content (AvgIpc) is 2.54. The van der Waals surface area contributed by atoms with Crippen LogP contribution in [-0.2, 0) is 0 Å². The molecule has 0 spiro atoms. The van der Waals surface area contributed by atoms with Crippen LogP contribution in [0.15, 0.2) is 30.3 Å². The molecule has 1 aliphatic heterocycles. The van der Waals surface area contributed by atoms with Gasteiger partial charge in [0.2, 0.25) is 0 Å². The number of aliphatic hydroxyl groups is 1. The summed E-state index contributed by atoms with van der Waals surface area (Å²) in [7, 11) is 0. The third kappa shape index (κ3) is 3.97. The van der Waals surface area contributed by atoms with Gasteiger partial charge in [0.1, 0.15) is 0 Å². The highest BCUT2D eigenvalue weighted by atomic mass is 16.3. The van der Waals surface area contributed by atoms with Crippen LogP contribution in [0.25, 0.3) is 0 Å². The quantitative estimate of drug-likeness (QED) is 0.838. The van der Waals surface area contributed by atoms with E-state index in [1.54, 1.807) is 0 Å². The van der Waals surface area contributed by atoms with Crippen molar-refractivity contribution in [1.29, 1.82) is 0 Å². The minimum atomic E-state index is -0.531. The second-order valence-electron chi connectivity index (χ2n) is 5.91. The molecule has 0 saturated carbocycles. The summed E-state index contributed by atoms with van der Waals surface area (Å²) in [6.45, 7) is 7.03. The number of anilines is 1. The summed E-state index contributed by atoms with van der Waals surface area (Å²) in [6, 6.07) is 11.2. The second kappa shape index (κ2) is 7.09. The molecule has 0 amide bonds. The highest BCUT2D eigenvalue weighted by Gasteiger charge is 2.25. The summed E-state index contributed by atoms with van der Waals surface area (Å²) in [5, 5.41) is 13.9. The van der Waals surface area contributed by atoms with Crippen molar-refractivity contribution >= 4 is 5.69 Å². The van der Waals surface area contributed by atoms with Crippen molar-refractivity contribution in [2.45, 2.75) is 51.2 Å². The van der Waals surface area contributed by atoms with Gasteiger partial charge in [-0.3, -0.25) is 0 Å². The van der Waals surface area contributed by atoms with Gasteiger partial charge in [0.15, 0.2) is 0 Å². The fraction of sp³-hybridized carbons (Fsp3) is 0.647. The van der Waals surface area contributed by atoms with Gasteiger partial charge >= 0.3 is 0 Å². The van der Waals surface area contributed by atoms with Crippen LogP contribution in [0.2, 0.25) is 0 Å². The van der Waals surface area contributed by atoms with E-state index in [1.165, 1.54) is 5.69 Å². The van der Waals surface area contributed by atoms with Crippen LogP contribution >= 0.6 is 0 Å². The van der Waals surface area contributed by atoms with Gasteiger partial charge in [0.25, 0.3) is 0 Å². The molecule has 0 radical (unpaired) electrons. The first-order chi connectivity index (χ1) is 9.67. The molecule has 20 heavy (non-hydrogen) atoms. The Labute approximate surface area is 123 Å². The van der Waals surface area contributed by atoms with Gasteiger partial charge in [-0.2, -0.15) is 0 Å². The van der Waals surface area contributed by atoms with E-state index in [0.29, 0.717) is 6.04 Å². The predicted molar refractivity (Wildman–Crippen MR) is 85.2 cm³/mol. The SMILES string of the molecule is CCC(O)(CC)CNC1CCN(c2ccccc2)CC1. The Hall–Kier alpha value is -1.06. The molecule has 2 rings (SSSR count). The molecule has 0 aliphatic carbocycles. The summed E-state index contributed by atoms with van der Waals surface area (Å²) in [4.78, 5) is 2.45. The van der Waals surface area contributed by atoms with E-state index in [2.05, 4.69) is 54.4 Å². The maximum Gasteiger partial charge on any atom is 0.0766 e. The molecule has 1 heterocycles. The molecule has 0 unspecified atom stereocenters. The summed E-state index contributed by atoms with van der Waals surface area (Å²) in [5.74, 6) is 0. The topological polar surface area (TPSA) is 35.5 Å². The van der Waals surface area contributed by atoms with E-state index in [4.69, 9.17) is 0 Å². The van der Waals surface area contributed by atoms with Crippen molar-refractivity contribution in [2.24, 2.45) is 0 Å². The fourth-order valence-electron chi connectivity index (χ4n) is 2.81. The molecule has 0 bridgehead atoms. The minimum Gasteiger partial charge on any atom is -0.389 e. The Bertz CT molecular complexity index is 381. The van der Waals surface area contributed by atoms with E-state index < -0.39 is 5.60 Å². The molecule has 3 heteroatoms. The second-order valence-corrected chi connectivity index (χ2v) is 5.91. The molecule has 1 saturated heterocycles. The summed E-state index contributed by atoms with van der Waals surface area (Å²) in [5.41, 5.74) is 0.792. The zero-order valence-electron chi connectivity index (χ0n) is 12.8. The molecular weight excluding hydrogens is 248 g/mol. The first-order valence-corrected chi connectivity index (χ1v) is 7.92. The normalized spacial score (nSPS) is 17.4. The molecular formula is C17H28N2O. The maximum absolute atomic E-state index is 10.3. The molecule has 1 aromatic rings. The highest BCUT2D eigenvalue weighted by Crippen LogP contribution is 2.20. The number of hydrogen-bond donors (Lipinski definition) is 2. The van der Waals surface area contributed by atoms with Crippen molar-refractivity contribution in [3.8, 4) is 0 Å². The summed E-state index contributed by atoms with van der Waals surface area (Å²) < 4.78 is 0. The lowest BCUT2D eigenvalue weighted by Gasteiger charge is -2.36. The number of rotatable bonds is 6. The first-order valence-electron chi connectivity index (χ1n) is 7.92. The molecule has 1 aromatic carbocycles. The smallest absolute Gasteiger partial charge is 0.0766 e. The van der Waals surface area contributed by atoms with Crippen molar-refractivity contribution in [3.63, 3.8) is 0 Å². The van der Waals surface area contributed by atoms with Crippen LogP contribution in [0.3, 0.4) is 0 Å². The lowest BCUT2D eigenvalue weighted by Crippen LogP contribution is -2.48. The number of piperidine rings is 1. The number of hydrogen-bond acceptors (Lipinski definition) is 3. The average molecular weight is 276 g/mol. The molecule has 2 N–H and O–H groups in total. The van der Waals surface area contributed by atoms with E-state index >= 15 is 0 Å². The van der Waals surface area contributed by atoms with Gasteiger partial charge in [0.05, 0.1) is 5.60 Å². The van der Waals surface area contributed by atoms with Crippen LogP contribution in [-0.4, -0.2) is 36.4 Å². The first kappa shape index (κ1) is 15.3. The molecule has 1 aliphatic rings. The van der Waals surface area contributed by atoms with E-state index in [-0.39, 0.29) is 0 Å². The molecule has 112 valence electrons. The van der Waals surface area contributed by atoms with Crippen LogP contribution in [0.1, 0.15) is 39.5 Å². The van der Waals surface area contributed by atoms with Gasteiger partial charge in [-0.1, -0.05) is 32.0 Å². The van der Waals surface area contributed by atoms with Crippen LogP contribution < -0.4 is 10.2 Å². The Morgan fingerprint density at radius 3 is 2.30 bits per heavy atom. The zero-order chi connectivity index (χ0) is 14.4. The minimum absolute atomic E-state index is 0.531. The van der Waals surface area contributed by atoms with E-state index in [9.17, 15) is 5.11 Å². The van der Waals surface area contributed by atoms with Gasteiger partial charge in [-0.15, -0.1) is 0 Å². The van der Waals surface area contributed by atoms with Crippen LogP contribution in [0.5, 0.6) is 0 Å². The molecule has 0 aromatic heterocycles. The summed E-state index contributed by atoms with van der Waals surface area (Å²) in [6.07, 6.45) is 3.94. The van der Waals surface area contributed by atoms with Gasteiger partial charge in [0, 0.05) is 31.4 Å². The standard InChI is InChI=1S/C17H28N2O/c1-3-17(20,4-2)14-18-15-10-12-19(13-11-15)16-8-6-5-7-9-16/h5-9,15,18,20H,3-4,10-14H2,1-2H3. The lowest BCUT2D eigenvalue weighted by molar-refractivity contribution is 0.0291. The summed E-state index contributed by atoms with van der Waals surface area (Å²) >= 11 is 0. The van der Waals surface area contributed by atoms with Crippen molar-refractivity contribution in [3.05, 3.63) is 30.3 Å².